The van der Waals surface area contributed by atoms with Gasteiger partial charge in [0.25, 0.3) is 11.6 Å². The highest BCUT2D eigenvalue weighted by molar-refractivity contribution is 5.66. The normalized spacial score (nSPS) is 13.6. The van der Waals surface area contributed by atoms with Crippen molar-refractivity contribution in [2.24, 2.45) is 0 Å². The largest absolute Gasteiger partial charge is 0.423 e. The lowest BCUT2D eigenvalue weighted by Gasteiger charge is -2.16. The Morgan fingerprint density at radius 3 is 2.69 bits per heavy atom. The van der Waals surface area contributed by atoms with Gasteiger partial charge in [0.1, 0.15) is 6.07 Å². The number of pyridine rings is 1. The number of benzene rings is 2. The molecule has 5 rings (SSSR count). The maximum Gasteiger partial charge on any atom is 0.299 e. The smallest absolute Gasteiger partial charge is 0.299 e. The Labute approximate surface area is 204 Å². The number of hydrogen-bond donors (Lipinski definition) is 1. The Hall–Kier alpha value is -4.15. The third-order valence-electron chi connectivity index (χ3n) is 6.39. The van der Waals surface area contributed by atoms with Crippen LogP contribution < -0.4 is 10.9 Å². The molecule has 0 radical (unpaired) electrons. The van der Waals surface area contributed by atoms with Gasteiger partial charge in [-0.2, -0.15) is 5.26 Å². The molecule has 1 N–H and O–H groups in total. The van der Waals surface area contributed by atoms with Crippen molar-refractivity contribution in [3.8, 4) is 23.1 Å². The Kier molecular flexibility index (Phi) is 6.21. The van der Waals surface area contributed by atoms with Crippen LogP contribution in [-0.2, 0) is 6.54 Å². The SMILES string of the molecule is Cc1ccn(-c2cc(-c3cnc(Nc4cc(CN5CCCC5)ccc4C)o3)ccc2C#N)c(=O)c1. The summed E-state index contributed by atoms with van der Waals surface area (Å²) >= 11 is 0. The molecule has 1 fully saturated rings. The highest BCUT2D eigenvalue weighted by atomic mass is 16.4. The standard InChI is InChI=1S/C28H27N5O2/c1-19-9-12-33(27(34)13-19)25-15-22(7-8-23(25)16-29)26-17-30-28(35-26)31-24-14-21(6-5-20(24)2)18-32-10-3-4-11-32/h5-9,12-15,17H,3-4,10-11,18H2,1-2H3,(H,30,31). The van der Waals surface area contributed by atoms with E-state index in [1.54, 1.807) is 36.7 Å². The van der Waals surface area contributed by atoms with E-state index in [1.807, 2.05) is 13.0 Å². The molecule has 0 saturated carbocycles. The molecule has 7 heteroatoms. The van der Waals surface area contributed by atoms with Crippen LogP contribution in [0.25, 0.3) is 17.0 Å². The molecular formula is C28H27N5O2. The van der Waals surface area contributed by atoms with Gasteiger partial charge in [-0.3, -0.25) is 14.3 Å². The summed E-state index contributed by atoms with van der Waals surface area (Å²) in [5.74, 6) is 0.546. The van der Waals surface area contributed by atoms with Crippen molar-refractivity contribution in [1.82, 2.24) is 14.5 Å². The van der Waals surface area contributed by atoms with Crippen LogP contribution in [0.4, 0.5) is 11.7 Å². The first-order valence-electron chi connectivity index (χ1n) is 11.8. The van der Waals surface area contributed by atoms with Crippen molar-refractivity contribution in [3.05, 3.63) is 93.5 Å². The number of nitrogens with one attached hydrogen (secondary N) is 1. The molecule has 0 unspecified atom stereocenters. The fourth-order valence-electron chi connectivity index (χ4n) is 4.44. The molecule has 0 amide bonds. The minimum Gasteiger partial charge on any atom is -0.423 e. The van der Waals surface area contributed by atoms with E-state index in [9.17, 15) is 10.1 Å². The summed E-state index contributed by atoms with van der Waals surface area (Å²) in [6.45, 7) is 7.17. The Morgan fingerprint density at radius 2 is 1.91 bits per heavy atom. The first-order valence-corrected chi connectivity index (χ1v) is 11.8. The van der Waals surface area contributed by atoms with Crippen molar-refractivity contribution >= 4 is 11.7 Å². The van der Waals surface area contributed by atoms with E-state index in [-0.39, 0.29) is 5.56 Å². The van der Waals surface area contributed by atoms with E-state index < -0.39 is 0 Å². The maximum atomic E-state index is 12.5. The van der Waals surface area contributed by atoms with Gasteiger partial charge in [0.05, 0.1) is 17.4 Å². The van der Waals surface area contributed by atoms with Crippen LogP contribution >= 0.6 is 0 Å². The van der Waals surface area contributed by atoms with Gasteiger partial charge in [-0.15, -0.1) is 0 Å². The minimum absolute atomic E-state index is 0.192. The third-order valence-corrected chi connectivity index (χ3v) is 6.39. The zero-order valence-electron chi connectivity index (χ0n) is 19.9. The van der Waals surface area contributed by atoms with Gasteiger partial charge < -0.3 is 9.73 Å². The number of aromatic nitrogens is 2. The van der Waals surface area contributed by atoms with Crippen molar-refractivity contribution in [2.45, 2.75) is 33.2 Å². The summed E-state index contributed by atoms with van der Waals surface area (Å²) in [5.41, 5.74) is 5.64. The average molecular weight is 466 g/mol. The minimum atomic E-state index is -0.192. The molecule has 0 aliphatic carbocycles. The monoisotopic (exact) mass is 465 g/mol. The van der Waals surface area contributed by atoms with Gasteiger partial charge in [0.15, 0.2) is 5.76 Å². The number of anilines is 2. The number of hydrogen-bond acceptors (Lipinski definition) is 6. The van der Waals surface area contributed by atoms with Crippen molar-refractivity contribution < 1.29 is 4.42 Å². The van der Waals surface area contributed by atoms with E-state index in [0.29, 0.717) is 23.0 Å². The average Bonchev–Trinajstić information content (AvgIpc) is 3.53. The Bertz CT molecular complexity index is 1470. The summed E-state index contributed by atoms with van der Waals surface area (Å²) in [7, 11) is 0. The molecule has 3 heterocycles. The Balaban J connectivity index is 1.41. The zero-order valence-corrected chi connectivity index (χ0v) is 19.9. The van der Waals surface area contributed by atoms with Gasteiger partial charge in [-0.05, 0) is 86.8 Å². The molecule has 4 aromatic rings. The molecule has 35 heavy (non-hydrogen) atoms. The first kappa shape index (κ1) is 22.6. The second-order valence-corrected chi connectivity index (χ2v) is 9.04. The van der Waals surface area contributed by atoms with Gasteiger partial charge in [0.2, 0.25) is 0 Å². The maximum absolute atomic E-state index is 12.5. The van der Waals surface area contributed by atoms with E-state index in [0.717, 1.165) is 42.0 Å². The number of rotatable bonds is 6. The highest BCUT2D eigenvalue weighted by Crippen LogP contribution is 2.29. The molecule has 176 valence electrons. The van der Waals surface area contributed by atoms with E-state index in [1.165, 1.54) is 23.0 Å². The first-order chi connectivity index (χ1) is 17.0. The third kappa shape index (κ3) is 4.88. The topological polar surface area (TPSA) is 87.1 Å². The quantitative estimate of drug-likeness (QED) is 0.415. The van der Waals surface area contributed by atoms with Crippen LogP contribution in [0.2, 0.25) is 0 Å². The molecule has 2 aromatic heterocycles. The van der Waals surface area contributed by atoms with E-state index >= 15 is 0 Å². The lowest BCUT2D eigenvalue weighted by Crippen LogP contribution is -2.18. The summed E-state index contributed by atoms with van der Waals surface area (Å²) < 4.78 is 7.48. The molecule has 0 spiro atoms. The van der Waals surface area contributed by atoms with E-state index in [2.05, 4.69) is 46.4 Å². The summed E-state index contributed by atoms with van der Waals surface area (Å²) in [6, 6.07) is 17.7. The second kappa shape index (κ2) is 9.61. The number of aryl methyl sites for hydroxylation is 2. The fourth-order valence-corrected chi connectivity index (χ4v) is 4.44. The van der Waals surface area contributed by atoms with Gasteiger partial charge in [0, 0.05) is 30.1 Å². The molecule has 1 saturated heterocycles. The van der Waals surface area contributed by atoms with Crippen LogP contribution in [0.3, 0.4) is 0 Å². The number of oxazole rings is 1. The van der Waals surface area contributed by atoms with E-state index in [4.69, 9.17) is 4.42 Å². The molecule has 1 aliphatic rings. The summed E-state index contributed by atoms with van der Waals surface area (Å²) in [5, 5.41) is 12.9. The van der Waals surface area contributed by atoms with Crippen molar-refractivity contribution in [1.29, 1.82) is 5.26 Å². The number of likely N-dealkylation sites (tertiary alicyclic amines) is 1. The molecule has 7 nitrogen and oxygen atoms in total. The summed E-state index contributed by atoms with van der Waals surface area (Å²) in [6.07, 6.45) is 5.87. The van der Waals surface area contributed by atoms with Crippen LogP contribution in [-0.4, -0.2) is 27.5 Å². The van der Waals surface area contributed by atoms with Crippen LogP contribution in [0.1, 0.15) is 35.1 Å². The molecule has 0 bridgehead atoms. The van der Waals surface area contributed by atoms with Gasteiger partial charge >= 0.3 is 0 Å². The highest BCUT2D eigenvalue weighted by Gasteiger charge is 2.15. The van der Waals surface area contributed by atoms with Gasteiger partial charge in [-0.1, -0.05) is 12.1 Å². The van der Waals surface area contributed by atoms with Crippen molar-refractivity contribution in [3.63, 3.8) is 0 Å². The summed E-state index contributed by atoms with van der Waals surface area (Å²) in [4.78, 5) is 19.4. The molecule has 1 aliphatic heterocycles. The van der Waals surface area contributed by atoms with Crippen LogP contribution in [0.5, 0.6) is 0 Å². The molecule has 0 atom stereocenters. The predicted octanol–water partition coefficient (Wildman–Crippen LogP) is 5.32. The lowest BCUT2D eigenvalue weighted by molar-refractivity contribution is 0.331. The van der Waals surface area contributed by atoms with Crippen LogP contribution in [0, 0.1) is 25.2 Å². The fraction of sp³-hybridized carbons (Fsp3) is 0.250. The molecular weight excluding hydrogens is 438 g/mol. The molecule has 2 aromatic carbocycles. The van der Waals surface area contributed by atoms with Crippen LogP contribution in [0.15, 0.2) is 70.1 Å². The number of nitriles is 1. The Morgan fingerprint density at radius 1 is 1.09 bits per heavy atom. The van der Waals surface area contributed by atoms with Gasteiger partial charge in [-0.25, -0.2) is 4.98 Å². The number of nitrogens with zero attached hydrogens (tertiary/aromatic N) is 4. The second-order valence-electron chi connectivity index (χ2n) is 9.04. The lowest BCUT2D eigenvalue weighted by atomic mass is 10.1. The predicted molar refractivity (Wildman–Crippen MR) is 136 cm³/mol. The van der Waals surface area contributed by atoms with Crippen molar-refractivity contribution in [2.75, 3.05) is 18.4 Å². The zero-order chi connectivity index (χ0) is 24.4.